The highest BCUT2D eigenvalue weighted by Gasteiger charge is 2.26. The van der Waals surface area contributed by atoms with Gasteiger partial charge in [-0.25, -0.2) is 0 Å². The van der Waals surface area contributed by atoms with Crippen LogP contribution in [0.2, 0.25) is 0 Å². The predicted octanol–water partition coefficient (Wildman–Crippen LogP) is 1.01. The molecule has 0 saturated carbocycles. The van der Waals surface area contributed by atoms with Gasteiger partial charge in [0.25, 0.3) is 0 Å². The molecule has 1 aliphatic heterocycles. The monoisotopic (exact) mass is 207 g/mol. The summed E-state index contributed by atoms with van der Waals surface area (Å²) >= 11 is 0. The van der Waals surface area contributed by atoms with Gasteiger partial charge in [0.05, 0.1) is 0 Å². The first kappa shape index (κ1) is 10.5. The fourth-order valence-electron chi connectivity index (χ4n) is 1.76. The average molecular weight is 207 g/mol. The largest absolute Gasteiger partial charge is 0.486 e. The second kappa shape index (κ2) is 4.21. The van der Waals surface area contributed by atoms with Crippen LogP contribution in [-0.2, 0) is 0 Å². The maximum atomic E-state index is 9.62. The molecule has 3 heteroatoms. The lowest BCUT2D eigenvalue weighted by Crippen LogP contribution is -2.30. The highest BCUT2D eigenvalue weighted by molar-refractivity contribution is 5.36. The van der Waals surface area contributed by atoms with E-state index in [0.717, 1.165) is 11.3 Å². The number of hydrogen-bond donors (Lipinski definition) is 2. The molecule has 0 aromatic heterocycles. The van der Waals surface area contributed by atoms with Crippen molar-refractivity contribution in [1.82, 2.24) is 5.32 Å². The van der Waals surface area contributed by atoms with Crippen molar-refractivity contribution in [3.05, 3.63) is 29.3 Å². The topological polar surface area (TPSA) is 41.5 Å². The van der Waals surface area contributed by atoms with Gasteiger partial charge < -0.3 is 15.2 Å². The Morgan fingerprint density at radius 1 is 1.33 bits per heavy atom. The van der Waals surface area contributed by atoms with Crippen molar-refractivity contribution in [1.29, 1.82) is 0 Å². The molecule has 1 aromatic carbocycles. The Labute approximate surface area is 90.1 Å². The number of benzene rings is 1. The smallest absolute Gasteiger partial charge is 0.138 e. The van der Waals surface area contributed by atoms with E-state index < -0.39 is 6.10 Å². The first-order valence-electron chi connectivity index (χ1n) is 5.29. The fraction of sp³-hybridized carbons (Fsp3) is 0.500. The zero-order valence-electron chi connectivity index (χ0n) is 9.16. The second-order valence-corrected chi connectivity index (χ2v) is 4.15. The molecule has 82 valence electrons. The molecule has 2 rings (SSSR count). The zero-order valence-corrected chi connectivity index (χ0v) is 9.16. The minimum atomic E-state index is -0.398. The molecule has 1 fully saturated rings. The number of β-amino-alcohol motifs (C(OH)–C–C–N with tert-alkyl or cyclic N) is 1. The molecule has 0 aliphatic carbocycles. The number of aliphatic hydroxyl groups is 1. The average Bonchev–Trinajstić information content (AvgIpc) is 2.58. The SMILES string of the molecule is Cc1ccc(C)c(OC2CNCC2O)c1. The number of ether oxygens (including phenoxy) is 1. The lowest BCUT2D eigenvalue weighted by atomic mass is 10.1. The van der Waals surface area contributed by atoms with E-state index in [1.165, 1.54) is 5.56 Å². The first-order valence-corrected chi connectivity index (χ1v) is 5.29. The van der Waals surface area contributed by atoms with E-state index in [9.17, 15) is 5.11 Å². The molecular formula is C12H17NO2. The van der Waals surface area contributed by atoms with E-state index in [1.807, 2.05) is 26.0 Å². The van der Waals surface area contributed by atoms with Crippen molar-refractivity contribution in [3.8, 4) is 5.75 Å². The van der Waals surface area contributed by atoms with Crippen LogP contribution in [0.3, 0.4) is 0 Å². The molecule has 0 spiro atoms. The van der Waals surface area contributed by atoms with Crippen LogP contribution in [0.4, 0.5) is 0 Å². The summed E-state index contributed by atoms with van der Waals surface area (Å²) in [6.45, 7) is 5.39. The van der Waals surface area contributed by atoms with E-state index in [4.69, 9.17) is 4.74 Å². The van der Waals surface area contributed by atoms with Gasteiger partial charge in [0.15, 0.2) is 0 Å². The fourth-order valence-corrected chi connectivity index (χ4v) is 1.76. The molecule has 3 nitrogen and oxygen atoms in total. The summed E-state index contributed by atoms with van der Waals surface area (Å²) in [7, 11) is 0. The van der Waals surface area contributed by atoms with Gasteiger partial charge in [0.2, 0.25) is 0 Å². The van der Waals surface area contributed by atoms with Crippen molar-refractivity contribution in [2.75, 3.05) is 13.1 Å². The molecule has 0 radical (unpaired) electrons. The van der Waals surface area contributed by atoms with Gasteiger partial charge in [-0.05, 0) is 31.0 Å². The van der Waals surface area contributed by atoms with Crippen molar-refractivity contribution in [2.24, 2.45) is 0 Å². The maximum absolute atomic E-state index is 9.62. The number of aliphatic hydroxyl groups excluding tert-OH is 1. The normalized spacial score (nSPS) is 25.5. The van der Waals surface area contributed by atoms with E-state index >= 15 is 0 Å². The molecule has 0 amide bonds. The van der Waals surface area contributed by atoms with E-state index in [0.29, 0.717) is 13.1 Å². The Morgan fingerprint density at radius 3 is 2.80 bits per heavy atom. The second-order valence-electron chi connectivity index (χ2n) is 4.15. The minimum absolute atomic E-state index is 0.120. The van der Waals surface area contributed by atoms with Crippen molar-refractivity contribution >= 4 is 0 Å². The van der Waals surface area contributed by atoms with Crippen LogP contribution in [0.25, 0.3) is 0 Å². The number of aryl methyl sites for hydroxylation is 2. The molecule has 1 aromatic rings. The summed E-state index contributed by atoms with van der Waals surface area (Å²) in [4.78, 5) is 0. The Kier molecular flexibility index (Phi) is 2.93. The summed E-state index contributed by atoms with van der Waals surface area (Å²) in [5.74, 6) is 0.878. The van der Waals surface area contributed by atoms with Gasteiger partial charge in [-0.1, -0.05) is 12.1 Å². The number of nitrogens with one attached hydrogen (secondary N) is 1. The van der Waals surface area contributed by atoms with Crippen LogP contribution in [0.1, 0.15) is 11.1 Å². The van der Waals surface area contributed by atoms with Crippen LogP contribution < -0.4 is 10.1 Å². The van der Waals surface area contributed by atoms with E-state index in [-0.39, 0.29) is 6.10 Å². The van der Waals surface area contributed by atoms with Crippen molar-refractivity contribution in [3.63, 3.8) is 0 Å². The third-order valence-corrected chi connectivity index (χ3v) is 2.75. The van der Waals surface area contributed by atoms with Crippen LogP contribution in [0.5, 0.6) is 5.75 Å². The first-order chi connectivity index (χ1) is 7.16. The van der Waals surface area contributed by atoms with Crippen LogP contribution >= 0.6 is 0 Å². The Morgan fingerprint density at radius 2 is 2.13 bits per heavy atom. The number of hydrogen-bond acceptors (Lipinski definition) is 3. The van der Waals surface area contributed by atoms with Crippen LogP contribution in [0.15, 0.2) is 18.2 Å². The molecule has 15 heavy (non-hydrogen) atoms. The quantitative estimate of drug-likeness (QED) is 0.760. The van der Waals surface area contributed by atoms with Gasteiger partial charge in [-0.2, -0.15) is 0 Å². The molecule has 1 saturated heterocycles. The molecule has 1 heterocycles. The van der Waals surface area contributed by atoms with Crippen molar-refractivity contribution in [2.45, 2.75) is 26.1 Å². The Hall–Kier alpha value is -1.06. The minimum Gasteiger partial charge on any atom is -0.486 e. The summed E-state index contributed by atoms with van der Waals surface area (Å²) < 4.78 is 5.79. The summed E-state index contributed by atoms with van der Waals surface area (Å²) in [6, 6.07) is 6.12. The maximum Gasteiger partial charge on any atom is 0.138 e. The van der Waals surface area contributed by atoms with Gasteiger partial charge in [0, 0.05) is 13.1 Å². The summed E-state index contributed by atoms with van der Waals surface area (Å²) in [5.41, 5.74) is 2.29. The predicted molar refractivity (Wildman–Crippen MR) is 59.2 cm³/mol. The lowest BCUT2D eigenvalue weighted by molar-refractivity contribution is 0.0733. The summed E-state index contributed by atoms with van der Waals surface area (Å²) in [6.07, 6.45) is -0.518. The third-order valence-electron chi connectivity index (χ3n) is 2.75. The Bertz CT molecular complexity index is 351. The highest BCUT2D eigenvalue weighted by atomic mass is 16.5. The number of rotatable bonds is 2. The van der Waals surface area contributed by atoms with E-state index in [2.05, 4.69) is 11.4 Å². The highest BCUT2D eigenvalue weighted by Crippen LogP contribution is 2.21. The van der Waals surface area contributed by atoms with Crippen LogP contribution in [-0.4, -0.2) is 30.4 Å². The van der Waals surface area contributed by atoms with Crippen molar-refractivity contribution < 1.29 is 9.84 Å². The van der Waals surface area contributed by atoms with E-state index in [1.54, 1.807) is 0 Å². The molecule has 2 unspecified atom stereocenters. The van der Waals surface area contributed by atoms with Gasteiger partial charge in [-0.15, -0.1) is 0 Å². The van der Waals surface area contributed by atoms with Gasteiger partial charge >= 0.3 is 0 Å². The lowest BCUT2D eigenvalue weighted by Gasteiger charge is -2.18. The zero-order chi connectivity index (χ0) is 10.8. The molecule has 0 bridgehead atoms. The van der Waals surface area contributed by atoms with Gasteiger partial charge in [0.1, 0.15) is 18.0 Å². The van der Waals surface area contributed by atoms with Crippen LogP contribution in [0, 0.1) is 13.8 Å². The third kappa shape index (κ3) is 2.30. The van der Waals surface area contributed by atoms with Gasteiger partial charge in [-0.3, -0.25) is 0 Å². The summed E-state index contributed by atoms with van der Waals surface area (Å²) in [5, 5.41) is 12.7. The Balaban J connectivity index is 2.12. The molecule has 1 aliphatic rings. The standard InChI is InChI=1S/C12H17NO2/c1-8-3-4-9(2)11(5-8)15-12-7-13-6-10(12)14/h3-5,10,12-14H,6-7H2,1-2H3. The molecular weight excluding hydrogens is 190 g/mol. The molecule has 2 N–H and O–H groups in total. The molecule has 2 atom stereocenters.